The number of amides is 1. The fraction of sp³-hybridized carbons (Fsp3) is 0.227. The van der Waals surface area contributed by atoms with E-state index in [1.54, 1.807) is 30.0 Å². The highest BCUT2D eigenvalue weighted by Crippen LogP contribution is 2.36. The average molecular weight is 442 g/mol. The summed E-state index contributed by atoms with van der Waals surface area (Å²) in [5.74, 6) is 0.232. The van der Waals surface area contributed by atoms with E-state index in [0.717, 1.165) is 4.90 Å². The number of nitrogens with zero attached hydrogens (tertiary/aromatic N) is 1. The molecule has 0 aliphatic heterocycles. The zero-order valence-corrected chi connectivity index (χ0v) is 18.4. The molecule has 3 rings (SSSR count). The molecule has 162 valence electrons. The second-order valence-corrected chi connectivity index (χ2v) is 7.17. The minimum Gasteiger partial charge on any atom is -0.493 e. The van der Waals surface area contributed by atoms with E-state index in [4.69, 9.17) is 18.9 Å². The number of hydrogen-bond acceptors (Lipinski definition) is 8. The first-order valence-electron chi connectivity index (χ1n) is 9.20. The van der Waals surface area contributed by atoms with E-state index in [2.05, 4.69) is 10.3 Å². The Kier molecular flexibility index (Phi) is 7.19. The van der Waals surface area contributed by atoms with Gasteiger partial charge in [0.15, 0.2) is 23.8 Å². The Hall–Kier alpha value is -3.46. The molecule has 0 spiro atoms. The fourth-order valence-electron chi connectivity index (χ4n) is 2.89. The average Bonchev–Trinajstić information content (AvgIpc) is 2.80. The molecule has 0 aliphatic rings. The van der Waals surface area contributed by atoms with Gasteiger partial charge in [-0.25, -0.2) is 9.78 Å². The molecular formula is C22H22N2O6S. The summed E-state index contributed by atoms with van der Waals surface area (Å²) >= 11 is 1.58. The maximum absolute atomic E-state index is 12.4. The summed E-state index contributed by atoms with van der Waals surface area (Å²) in [5, 5.41) is 3.35. The molecule has 31 heavy (non-hydrogen) atoms. The molecule has 9 heteroatoms. The van der Waals surface area contributed by atoms with Crippen molar-refractivity contribution in [1.29, 1.82) is 0 Å². The number of carbonyl (C=O) groups is 2. The Morgan fingerprint density at radius 2 is 1.74 bits per heavy atom. The first-order valence-corrected chi connectivity index (χ1v) is 10.4. The van der Waals surface area contributed by atoms with Crippen LogP contribution in [0.25, 0.3) is 10.9 Å². The van der Waals surface area contributed by atoms with E-state index in [1.807, 2.05) is 24.5 Å². The summed E-state index contributed by atoms with van der Waals surface area (Å²) in [6.07, 6.45) is 1.96. The number of benzene rings is 2. The maximum atomic E-state index is 12.4. The number of ether oxygens (including phenoxy) is 4. The third-order valence-corrected chi connectivity index (χ3v) is 5.11. The molecule has 0 fully saturated rings. The van der Waals surface area contributed by atoms with Crippen molar-refractivity contribution in [3.05, 3.63) is 48.2 Å². The fourth-order valence-corrected chi connectivity index (χ4v) is 3.35. The van der Waals surface area contributed by atoms with Gasteiger partial charge in [0.25, 0.3) is 5.91 Å². The van der Waals surface area contributed by atoms with E-state index >= 15 is 0 Å². The normalized spacial score (nSPS) is 10.5. The van der Waals surface area contributed by atoms with Gasteiger partial charge in [0, 0.05) is 28.1 Å². The summed E-state index contributed by atoms with van der Waals surface area (Å²) in [4.78, 5) is 29.8. The minimum atomic E-state index is -0.625. The number of pyridine rings is 1. The van der Waals surface area contributed by atoms with E-state index in [0.29, 0.717) is 33.8 Å². The van der Waals surface area contributed by atoms with Crippen molar-refractivity contribution in [3.63, 3.8) is 0 Å². The first kappa shape index (κ1) is 22.2. The van der Waals surface area contributed by atoms with Gasteiger partial charge in [-0.15, -0.1) is 11.8 Å². The number of fused-ring (bicyclic) bond motifs is 1. The largest absolute Gasteiger partial charge is 0.493 e. The Balaban J connectivity index is 1.89. The molecule has 0 unspecified atom stereocenters. The third-order valence-electron chi connectivity index (χ3n) is 4.38. The van der Waals surface area contributed by atoms with Gasteiger partial charge in [-0.2, -0.15) is 0 Å². The molecule has 8 nitrogen and oxygen atoms in total. The molecule has 1 heterocycles. The minimum absolute atomic E-state index is 0.0466. The predicted octanol–water partition coefficient (Wildman–Crippen LogP) is 3.78. The molecule has 0 bridgehead atoms. The molecule has 0 radical (unpaired) electrons. The highest BCUT2D eigenvalue weighted by atomic mass is 32.2. The lowest BCUT2D eigenvalue weighted by atomic mass is 10.1. The Bertz CT molecular complexity index is 1120. The van der Waals surface area contributed by atoms with Crippen LogP contribution in [0.3, 0.4) is 0 Å². The smallest absolute Gasteiger partial charge is 0.356 e. The van der Waals surface area contributed by atoms with Crippen molar-refractivity contribution in [1.82, 2.24) is 4.98 Å². The van der Waals surface area contributed by atoms with Crippen LogP contribution < -0.4 is 19.5 Å². The van der Waals surface area contributed by atoms with Crippen molar-refractivity contribution in [2.75, 3.05) is 39.5 Å². The van der Waals surface area contributed by atoms with E-state index in [1.165, 1.54) is 27.4 Å². The Morgan fingerprint density at radius 1 is 1.00 bits per heavy atom. The highest BCUT2D eigenvalue weighted by Gasteiger charge is 2.17. The van der Waals surface area contributed by atoms with Crippen LogP contribution in [-0.4, -0.2) is 51.1 Å². The lowest BCUT2D eigenvalue weighted by Gasteiger charge is -2.14. The number of rotatable bonds is 8. The number of nitrogens with one attached hydrogen (secondary N) is 1. The van der Waals surface area contributed by atoms with Crippen molar-refractivity contribution in [3.8, 4) is 17.2 Å². The van der Waals surface area contributed by atoms with Crippen LogP contribution in [0.15, 0.2) is 47.4 Å². The third kappa shape index (κ3) is 5.18. The number of anilines is 1. The van der Waals surface area contributed by atoms with E-state index in [9.17, 15) is 9.59 Å². The summed E-state index contributed by atoms with van der Waals surface area (Å²) < 4.78 is 21.2. The predicted molar refractivity (Wildman–Crippen MR) is 119 cm³/mol. The van der Waals surface area contributed by atoms with Crippen LogP contribution in [0.4, 0.5) is 5.69 Å². The zero-order chi connectivity index (χ0) is 22.4. The second kappa shape index (κ2) is 10.0. The van der Waals surface area contributed by atoms with Crippen LogP contribution in [0.1, 0.15) is 10.5 Å². The molecule has 0 atom stereocenters. The van der Waals surface area contributed by atoms with Crippen LogP contribution in [0, 0.1) is 0 Å². The summed E-state index contributed by atoms with van der Waals surface area (Å²) in [6, 6.07) is 12.2. The maximum Gasteiger partial charge on any atom is 0.356 e. The number of aromatic nitrogens is 1. The molecule has 3 aromatic rings. The molecule has 0 aliphatic carbocycles. The van der Waals surface area contributed by atoms with Crippen molar-refractivity contribution in [2.45, 2.75) is 4.90 Å². The number of hydrogen-bond donors (Lipinski definition) is 1. The van der Waals surface area contributed by atoms with Gasteiger partial charge in [-0.3, -0.25) is 4.79 Å². The van der Waals surface area contributed by atoms with E-state index in [-0.39, 0.29) is 18.2 Å². The monoisotopic (exact) mass is 442 g/mol. The van der Waals surface area contributed by atoms with Crippen LogP contribution in [0.5, 0.6) is 17.2 Å². The first-order chi connectivity index (χ1) is 15.0. The summed E-state index contributed by atoms with van der Waals surface area (Å²) in [6.45, 7) is -0.266. The van der Waals surface area contributed by atoms with Gasteiger partial charge in [-0.1, -0.05) is 6.07 Å². The standard InChI is InChI=1S/C22H22N2O6S/c1-27-19-9-15-16(10-20(19)28-2)24-17(22(26)29-3)11-18(15)30-12-21(25)23-13-6-5-7-14(8-13)31-4/h5-11H,12H2,1-4H3,(H,23,25). The number of carbonyl (C=O) groups excluding carboxylic acids is 2. The van der Waals surface area contributed by atoms with Gasteiger partial charge in [-0.05, 0) is 30.5 Å². The van der Waals surface area contributed by atoms with Crippen molar-refractivity contribution >= 4 is 40.2 Å². The summed E-state index contributed by atoms with van der Waals surface area (Å²) in [5.41, 5.74) is 1.15. The van der Waals surface area contributed by atoms with Crippen LogP contribution in [0.2, 0.25) is 0 Å². The number of methoxy groups -OCH3 is 3. The van der Waals surface area contributed by atoms with Gasteiger partial charge in [0.1, 0.15) is 5.75 Å². The van der Waals surface area contributed by atoms with Crippen molar-refractivity contribution < 1.29 is 28.5 Å². The van der Waals surface area contributed by atoms with Crippen molar-refractivity contribution in [2.24, 2.45) is 0 Å². The lowest BCUT2D eigenvalue weighted by Crippen LogP contribution is -2.20. The SMILES string of the molecule is COC(=O)c1cc(OCC(=O)Nc2cccc(SC)c2)c2cc(OC)c(OC)cc2n1. The lowest BCUT2D eigenvalue weighted by molar-refractivity contribution is -0.118. The van der Waals surface area contributed by atoms with Gasteiger partial charge >= 0.3 is 5.97 Å². The second-order valence-electron chi connectivity index (χ2n) is 6.29. The van der Waals surface area contributed by atoms with Crippen LogP contribution >= 0.6 is 11.8 Å². The Morgan fingerprint density at radius 3 is 2.42 bits per heavy atom. The molecule has 2 aromatic carbocycles. The molecule has 1 amide bonds. The van der Waals surface area contributed by atoms with Gasteiger partial charge in [0.2, 0.25) is 0 Å². The topological polar surface area (TPSA) is 96.0 Å². The number of esters is 1. The van der Waals surface area contributed by atoms with Gasteiger partial charge in [0.05, 0.1) is 26.8 Å². The molecule has 1 N–H and O–H groups in total. The zero-order valence-electron chi connectivity index (χ0n) is 17.6. The van der Waals surface area contributed by atoms with Gasteiger partial charge < -0.3 is 24.3 Å². The van der Waals surface area contributed by atoms with Crippen LogP contribution in [-0.2, 0) is 9.53 Å². The molecule has 1 aromatic heterocycles. The molecule has 0 saturated carbocycles. The highest BCUT2D eigenvalue weighted by molar-refractivity contribution is 7.98. The molecule has 0 saturated heterocycles. The number of thioether (sulfide) groups is 1. The van der Waals surface area contributed by atoms with E-state index < -0.39 is 5.97 Å². The quantitative estimate of drug-likeness (QED) is 0.416. The Labute approximate surface area is 183 Å². The molecular weight excluding hydrogens is 420 g/mol. The summed E-state index contributed by atoms with van der Waals surface area (Å²) in [7, 11) is 4.28.